The number of hydrogen-bond donors (Lipinski definition) is 1. The van der Waals surface area contributed by atoms with Gasteiger partial charge in [-0.25, -0.2) is 0 Å². The van der Waals surface area contributed by atoms with E-state index in [2.05, 4.69) is 24.2 Å². The molecule has 3 unspecified atom stereocenters. The molecule has 2 fully saturated rings. The van der Waals surface area contributed by atoms with Gasteiger partial charge in [0.2, 0.25) is 5.91 Å². The zero-order valence-corrected chi connectivity index (χ0v) is 12.7. The van der Waals surface area contributed by atoms with E-state index in [1.165, 1.54) is 45.1 Å². The van der Waals surface area contributed by atoms with Gasteiger partial charge in [0.1, 0.15) is 0 Å². The number of carbonyl (C=O) groups excluding carboxylic acids is 1. The van der Waals surface area contributed by atoms with Crippen molar-refractivity contribution in [3.63, 3.8) is 0 Å². The van der Waals surface area contributed by atoms with Gasteiger partial charge in [-0.15, -0.1) is 0 Å². The van der Waals surface area contributed by atoms with Crippen molar-refractivity contribution in [3.8, 4) is 0 Å². The van der Waals surface area contributed by atoms with Gasteiger partial charge in [0.25, 0.3) is 0 Å². The third kappa shape index (κ3) is 5.13. The van der Waals surface area contributed by atoms with Gasteiger partial charge in [-0.1, -0.05) is 19.8 Å². The summed E-state index contributed by atoms with van der Waals surface area (Å²) >= 11 is 0. The number of likely N-dealkylation sites (tertiary alicyclic amines) is 1. The van der Waals surface area contributed by atoms with Crippen molar-refractivity contribution in [3.05, 3.63) is 0 Å². The Hall–Kier alpha value is -0.570. The van der Waals surface area contributed by atoms with Crippen LogP contribution in [-0.4, -0.2) is 37.5 Å². The van der Waals surface area contributed by atoms with Crippen molar-refractivity contribution < 1.29 is 4.79 Å². The molecule has 0 radical (unpaired) electrons. The lowest BCUT2D eigenvalue weighted by Gasteiger charge is -2.30. The molecule has 1 saturated heterocycles. The second-order valence-electron chi connectivity index (χ2n) is 6.92. The van der Waals surface area contributed by atoms with Crippen molar-refractivity contribution in [2.45, 2.75) is 51.9 Å². The van der Waals surface area contributed by atoms with Crippen molar-refractivity contribution in [1.82, 2.24) is 10.2 Å². The maximum Gasteiger partial charge on any atom is 0.220 e. The van der Waals surface area contributed by atoms with E-state index in [0.717, 1.165) is 25.4 Å². The molecule has 1 amide bonds. The molecule has 1 heterocycles. The van der Waals surface area contributed by atoms with Crippen LogP contribution in [0.4, 0.5) is 0 Å². The minimum absolute atomic E-state index is 0.285. The Labute approximate surface area is 118 Å². The number of nitrogens with one attached hydrogen (secondary N) is 1. The molecule has 1 aliphatic carbocycles. The number of nitrogens with zero attached hydrogens (tertiary/aromatic N) is 1. The minimum atomic E-state index is 0.285. The first kappa shape index (κ1) is 14.8. The molecule has 0 bridgehead atoms. The molecular formula is C16H30N2O. The van der Waals surface area contributed by atoms with E-state index in [1.54, 1.807) is 0 Å². The van der Waals surface area contributed by atoms with Gasteiger partial charge in [-0.05, 0) is 57.0 Å². The maximum atomic E-state index is 12.0. The topological polar surface area (TPSA) is 32.3 Å². The van der Waals surface area contributed by atoms with Gasteiger partial charge in [-0.2, -0.15) is 0 Å². The third-order valence-corrected chi connectivity index (χ3v) is 4.83. The van der Waals surface area contributed by atoms with Gasteiger partial charge in [0, 0.05) is 19.5 Å². The molecule has 3 nitrogen and oxygen atoms in total. The lowest BCUT2D eigenvalue weighted by molar-refractivity contribution is -0.122. The van der Waals surface area contributed by atoms with Crippen LogP contribution in [-0.2, 0) is 4.79 Å². The Bertz CT molecular complexity index is 292. The van der Waals surface area contributed by atoms with Crippen LogP contribution in [0, 0.1) is 17.8 Å². The first-order chi connectivity index (χ1) is 9.13. The lowest BCUT2D eigenvalue weighted by Crippen LogP contribution is -2.39. The SMILES string of the molecule is CC1CCCC(CC(=O)NCC2CCCN(C)C2)C1. The number of piperidine rings is 1. The maximum absolute atomic E-state index is 12.0. The van der Waals surface area contributed by atoms with E-state index in [4.69, 9.17) is 0 Å². The second-order valence-corrected chi connectivity index (χ2v) is 6.92. The van der Waals surface area contributed by atoms with Crippen LogP contribution in [0.5, 0.6) is 0 Å². The Morgan fingerprint density at radius 3 is 2.74 bits per heavy atom. The highest BCUT2D eigenvalue weighted by Crippen LogP contribution is 2.30. The summed E-state index contributed by atoms with van der Waals surface area (Å²) in [6.07, 6.45) is 8.47. The van der Waals surface area contributed by atoms with Crippen LogP contribution in [0.15, 0.2) is 0 Å². The van der Waals surface area contributed by atoms with Gasteiger partial charge >= 0.3 is 0 Å². The Morgan fingerprint density at radius 1 is 1.21 bits per heavy atom. The molecule has 3 heteroatoms. The summed E-state index contributed by atoms with van der Waals surface area (Å²) in [5.41, 5.74) is 0. The molecule has 2 aliphatic rings. The summed E-state index contributed by atoms with van der Waals surface area (Å²) in [7, 11) is 2.18. The number of carbonyl (C=O) groups is 1. The average molecular weight is 266 g/mol. The van der Waals surface area contributed by atoms with Crippen molar-refractivity contribution >= 4 is 5.91 Å². The van der Waals surface area contributed by atoms with Crippen LogP contribution in [0.3, 0.4) is 0 Å². The Morgan fingerprint density at radius 2 is 2.00 bits per heavy atom. The molecule has 19 heavy (non-hydrogen) atoms. The summed E-state index contributed by atoms with van der Waals surface area (Å²) in [5.74, 6) is 2.40. The highest BCUT2D eigenvalue weighted by atomic mass is 16.1. The first-order valence-electron chi connectivity index (χ1n) is 8.08. The molecule has 0 aromatic carbocycles. The summed E-state index contributed by atoms with van der Waals surface area (Å²) in [6, 6.07) is 0. The van der Waals surface area contributed by atoms with E-state index in [9.17, 15) is 4.79 Å². The zero-order chi connectivity index (χ0) is 13.7. The van der Waals surface area contributed by atoms with Crippen LogP contribution >= 0.6 is 0 Å². The normalized spacial score (nSPS) is 33.1. The minimum Gasteiger partial charge on any atom is -0.356 e. The molecule has 0 spiro atoms. The van der Waals surface area contributed by atoms with E-state index in [-0.39, 0.29) is 5.91 Å². The number of amides is 1. The molecule has 1 saturated carbocycles. The number of rotatable bonds is 4. The molecule has 1 N–H and O–H groups in total. The largest absolute Gasteiger partial charge is 0.356 e. The van der Waals surface area contributed by atoms with Gasteiger partial charge < -0.3 is 10.2 Å². The van der Waals surface area contributed by atoms with Gasteiger partial charge in [0.15, 0.2) is 0 Å². The van der Waals surface area contributed by atoms with E-state index < -0.39 is 0 Å². The zero-order valence-electron chi connectivity index (χ0n) is 12.7. The summed E-state index contributed by atoms with van der Waals surface area (Å²) in [5, 5.41) is 3.17. The second kappa shape index (κ2) is 7.28. The molecule has 0 aromatic rings. The van der Waals surface area contributed by atoms with Crippen molar-refractivity contribution in [1.29, 1.82) is 0 Å². The molecule has 1 aliphatic heterocycles. The fraction of sp³-hybridized carbons (Fsp3) is 0.938. The third-order valence-electron chi connectivity index (χ3n) is 4.83. The smallest absolute Gasteiger partial charge is 0.220 e. The molecule has 3 atom stereocenters. The monoisotopic (exact) mass is 266 g/mol. The highest BCUT2D eigenvalue weighted by molar-refractivity contribution is 5.76. The predicted molar refractivity (Wildman–Crippen MR) is 79.0 cm³/mol. The predicted octanol–water partition coefficient (Wildman–Crippen LogP) is 2.66. The quantitative estimate of drug-likeness (QED) is 0.848. The fourth-order valence-corrected chi connectivity index (χ4v) is 3.78. The molecule has 0 aromatic heterocycles. The Kier molecular flexibility index (Phi) is 5.68. The van der Waals surface area contributed by atoms with Crippen LogP contribution in [0.2, 0.25) is 0 Å². The average Bonchev–Trinajstić information content (AvgIpc) is 2.36. The molecular weight excluding hydrogens is 236 g/mol. The first-order valence-corrected chi connectivity index (χ1v) is 8.08. The van der Waals surface area contributed by atoms with E-state index >= 15 is 0 Å². The van der Waals surface area contributed by atoms with E-state index in [0.29, 0.717) is 11.8 Å². The Balaban J connectivity index is 1.63. The van der Waals surface area contributed by atoms with Gasteiger partial charge in [0.05, 0.1) is 0 Å². The van der Waals surface area contributed by atoms with E-state index in [1.807, 2.05) is 0 Å². The van der Waals surface area contributed by atoms with Crippen LogP contribution in [0.25, 0.3) is 0 Å². The lowest BCUT2D eigenvalue weighted by atomic mass is 9.81. The van der Waals surface area contributed by atoms with Crippen LogP contribution in [0.1, 0.15) is 51.9 Å². The summed E-state index contributed by atoms with van der Waals surface area (Å²) < 4.78 is 0. The van der Waals surface area contributed by atoms with Crippen LogP contribution < -0.4 is 5.32 Å². The number of hydrogen-bond acceptors (Lipinski definition) is 2. The summed E-state index contributed by atoms with van der Waals surface area (Å²) in [4.78, 5) is 14.4. The summed E-state index contributed by atoms with van der Waals surface area (Å²) in [6.45, 7) is 5.55. The fourth-order valence-electron chi connectivity index (χ4n) is 3.78. The van der Waals surface area contributed by atoms with Crippen molar-refractivity contribution in [2.75, 3.05) is 26.7 Å². The van der Waals surface area contributed by atoms with Gasteiger partial charge in [-0.3, -0.25) is 4.79 Å². The molecule has 110 valence electrons. The molecule has 2 rings (SSSR count). The van der Waals surface area contributed by atoms with Crippen molar-refractivity contribution in [2.24, 2.45) is 17.8 Å². The standard InChI is InChI=1S/C16H30N2O/c1-13-5-3-6-14(9-13)10-16(19)17-11-15-7-4-8-18(2)12-15/h13-15H,3-12H2,1-2H3,(H,17,19). The highest BCUT2D eigenvalue weighted by Gasteiger charge is 2.22.